The van der Waals surface area contributed by atoms with Crippen LogP contribution in [0, 0.1) is 23.5 Å². The molecule has 198 valence electrons. The van der Waals surface area contributed by atoms with E-state index in [-0.39, 0.29) is 29.6 Å². The first kappa shape index (κ1) is 24.7. The number of ether oxygens (including phenoxy) is 1. The number of carbonyl (C=O) groups is 1. The summed E-state index contributed by atoms with van der Waals surface area (Å²) in [5, 5.41) is 5.25. The maximum Gasteiger partial charge on any atom is 0.318 e. The minimum atomic E-state index is -0.289. The molecule has 2 aliphatic heterocycles. The summed E-state index contributed by atoms with van der Waals surface area (Å²) in [7, 11) is 0. The first-order valence-corrected chi connectivity index (χ1v) is 13.3. The van der Waals surface area contributed by atoms with Gasteiger partial charge in [-0.2, -0.15) is 0 Å². The van der Waals surface area contributed by atoms with Gasteiger partial charge in [-0.05, 0) is 78.8 Å². The lowest BCUT2D eigenvalue weighted by molar-refractivity contribution is 0.0523. The minimum Gasteiger partial charge on any atom is -0.378 e. The highest BCUT2D eigenvalue weighted by Crippen LogP contribution is 2.49. The van der Waals surface area contributed by atoms with Crippen LogP contribution in [0.1, 0.15) is 37.8 Å². The molecule has 2 amide bonds. The molecule has 1 unspecified atom stereocenters. The Kier molecular flexibility index (Phi) is 6.66. The molecule has 38 heavy (non-hydrogen) atoms. The van der Waals surface area contributed by atoms with E-state index in [0.717, 1.165) is 36.2 Å². The third-order valence-electron chi connectivity index (χ3n) is 8.18. The van der Waals surface area contributed by atoms with E-state index < -0.39 is 0 Å². The van der Waals surface area contributed by atoms with Crippen molar-refractivity contribution in [1.82, 2.24) is 15.6 Å². The van der Waals surface area contributed by atoms with Crippen LogP contribution >= 0.6 is 0 Å². The molecule has 4 aliphatic rings. The normalized spacial score (nSPS) is 23.3. The van der Waals surface area contributed by atoms with E-state index >= 15 is 0 Å². The Morgan fingerprint density at radius 1 is 1.08 bits per heavy atom. The lowest BCUT2D eigenvalue weighted by Gasteiger charge is -2.33. The quantitative estimate of drug-likeness (QED) is 0.542. The number of morpholine rings is 1. The van der Waals surface area contributed by atoms with Crippen molar-refractivity contribution in [3.05, 3.63) is 100 Å². The summed E-state index contributed by atoms with van der Waals surface area (Å²) < 4.78 is 32.6. The third-order valence-corrected chi connectivity index (χ3v) is 8.18. The second-order valence-corrected chi connectivity index (χ2v) is 10.4. The van der Waals surface area contributed by atoms with Crippen LogP contribution in [0.2, 0.25) is 0 Å². The highest BCUT2D eigenvalue weighted by molar-refractivity contribution is 5.75. The number of halogens is 2. The molecule has 2 heterocycles. The highest BCUT2D eigenvalue weighted by atomic mass is 19.1. The van der Waals surface area contributed by atoms with Gasteiger partial charge < -0.3 is 20.4 Å². The predicted octanol–water partition coefficient (Wildman–Crippen LogP) is 5.59. The molecule has 2 aliphatic carbocycles. The fraction of sp³-hybridized carbons (Fsp3) is 0.367. The fourth-order valence-corrected chi connectivity index (χ4v) is 6.23. The molecule has 3 atom stereocenters. The summed E-state index contributed by atoms with van der Waals surface area (Å²) in [6.45, 7) is 4.45. The summed E-state index contributed by atoms with van der Waals surface area (Å²) in [6.07, 6.45) is 7.00. The van der Waals surface area contributed by atoms with Gasteiger partial charge in [0.2, 0.25) is 0 Å². The van der Waals surface area contributed by atoms with Gasteiger partial charge in [-0.15, -0.1) is 0 Å². The van der Waals surface area contributed by atoms with Gasteiger partial charge in [-0.3, -0.25) is 5.01 Å². The molecule has 1 saturated heterocycles. The Morgan fingerprint density at radius 2 is 1.76 bits per heavy atom. The largest absolute Gasteiger partial charge is 0.378 e. The maximum atomic E-state index is 13.7. The van der Waals surface area contributed by atoms with Crippen molar-refractivity contribution in [2.45, 2.75) is 32.2 Å². The molecular weight excluding hydrogens is 486 g/mol. The Labute approximate surface area is 221 Å². The number of anilines is 1. The number of rotatable bonds is 5. The molecule has 2 N–H and O–H groups in total. The van der Waals surface area contributed by atoms with Crippen molar-refractivity contribution in [2.24, 2.45) is 11.8 Å². The number of benzene rings is 2. The molecular formula is C30H32F2N4O2. The molecule has 0 bridgehead atoms. The molecule has 2 aromatic rings. The third kappa shape index (κ3) is 4.69. The number of allylic oxidation sites excluding steroid dienone is 4. The van der Waals surface area contributed by atoms with Gasteiger partial charge in [0.05, 0.1) is 30.6 Å². The van der Waals surface area contributed by atoms with Crippen LogP contribution < -0.4 is 15.8 Å². The van der Waals surface area contributed by atoms with Crippen molar-refractivity contribution in [1.29, 1.82) is 0 Å². The number of hydrogen-bond donors (Lipinski definition) is 2. The van der Waals surface area contributed by atoms with E-state index in [1.807, 2.05) is 11.2 Å². The number of hydrazine groups is 1. The van der Waals surface area contributed by atoms with Gasteiger partial charge in [-0.1, -0.05) is 24.6 Å². The number of nitrogens with one attached hydrogen (secondary N) is 2. The first-order valence-electron chi connectivity index (χ1n) is 13.3. The smallest absolute Gasteiger partial charge is 0.318 e. The molecule has 1 fully saturated rings. The van der Waals surface area contributed by atoms with E-state index in [0.29, 0.717) is 32.2 Å². The Balaban J connectivity index is 1.25. The topological polar surface area (TPSA) is 56.8 Å². The zero-order chi connectivity index (χ0) is 26.2. The van der Waals surface area contributed by atoms with Crippen LogP contribution in [0.15, 0.2) is 83.2 Å². The predicted molar refractivity (Wildman–Crippen MR) is 142 cm³/mol. The molecule has 2 aromatic carbocycles. The molecule has 0 spiro atoms. The number of hydrogen-bond acceptors (Lipinski definition) is 4. The highest BCUT2D eigenvalue weighted by Gasteiger charge is 2.39. The van der Waals surface area contributed by atoms with Crippen LogP contribution in [0.4, 0.5) is 19.3 Å². The van der Waals surface area contributed by atoms with Gasteiger partial charge in [0.1, 0.15) is 11.6 Å². The number of amides is 2. The lowest BCUT2D eigenvalue weighted by Crippen LogP contribution is -2.47. The molecule has 6 nitrogen and oxygen atoms in total. The summed E-state index contributed by atoms with van der Waals surface area (Å²) in [6, 6.07) is 12.6. The number of fused-ring (bicyclic) bond motifs is 1. The monoisotopic (exact) mass is 518 g/mol. The van der Waals surface area contributed by atoms with E-state index in [4.69, 9.17) is 4.74 Å². The van der Waals surface area contributed by atoms with Gasteiger partial charge in [0, 0.05) is 30.8 Å². The molecule has 0 radical (unpaired) electrons. The maximum absolute atomic E-state index is 13.7. The molecule has 6 rings (SSSR count). The lowest BCUT2D eigenvalue weighted by atomic mass is 9.78. The standard InChI is InChI=1S/C30H32F2N4O2/c1-19-26-18-33-36(25-10-8-24(32)9-11-25)28(26)17-22-3-2-21(29(19)22)16-27(20-4-6-23(31)7-5-20)34-30(37)35-12-14-38-15-13-35/h4-11,17-19,21,27,33H,2-3,12-16H2,1H3,(H,34,37)/t19-,21+,27?/m0/s1. The minimum absolute atomic E-state index is 0.105. The van der Waals surface area contributed by atoms with Crippen molar-refractivity contribution < 1.29 is 18.3 Å². The van der Waals surface area contributed by atoms with Crippen LogP contribution in [0.3, 0.4) is 0 Å². The summed E-state index contributed by atoms with van der Waals surface area (Å²) in [4.78, 5) is 14.9. The SMILES string of the molecule is C[C@H]1C2=CNN(c3ccc(F)cc3)C2=CC2=C1[C@@H](CC(NC(=O)N1CCOCC1)c1ccc(F)cc1)CC2. The summed E-state index contributed by atoms with van der Waals surface area (Å²) in [5.74, 6) is -0.0483. The van der Waals surface area contributed by atoms with Crippen molar-refractivity contribution in [3.63, 3.8) is 0 Å². The zero-order valence-electron chi connectivity index (χ0n) is 21.4. The van der Waals surface area contributed by atoms with Gasteiger partial charge >= 0.3 is 6.03 Å². The van der Waals surface area contributed by atoms with E-state index in [1.54, 1.807) is 29.2 Å². The van der Waals surface area contributed by atoms with E-state index in [9.17, 15) is 13.6 Å². The second-order valence-electron chi connectivity index (χ2n) is 10.4. The van der Waals surface area contributed by atoms with Gasteiger partial charge in [0.15, 0.2) is 0 Å². The molecule has 8 heteroatoms. The van der Waals surface area contributed by atoms with E-state index in [1.165, 1.54) is 41.0 Å². The number of urea groups is 1. The molecule has 0 aromatic heterocycles. The zero-order valence-corrected chi connectivity index (χ0v) is 21.4. The second kappa shape index (κ2) is 10.3. The van der Waals surface area contributed by atoms with Crippen LogP contribution in [-0.4, -0.2) is 37.2 Å². The van der Waals surface area contributed by atoms with Crippen molar-refractivity contribution >= 4 is 11.7 Å². The first-order chi connectivity index (χ1) is 18.5. The van der Waals surface area contributed by atoms with Crippen LogP contribution in [0.5, 0.6) is 0 Å². The van der Waals surface area contributed by atoms with E-state index in [2.05, 4.69) is 23.7 Å². The number of nitrogens with zero attached hydrogens (tertiary/aromatic N) is 2. The summed E-state index contributed by atoms with van der Waals surface area (Å²) >= 11 is 0. The fourth-order valence-electron chi connectivity index (χ4n) is 6.23. The van der Waals surface area contributed by atoms with Gasteiger partial charge in [-0.25, -0.2) is 13.6 Å². The van der Waals surface area contributed by atoms with Crippen LogP contribution in [-0.2, 0) is 4.74 Å². The average molecular weight is 519 g/mol. The van der Waals surface area contributed by atoms with Gasteiger partial charge in [0.25, 0.3) is 0 Å². The Bertz CT molecular complexity index is 1300. The Hall–Kier alpha value is -3.65. The Morgan fingerprint density at radius 3 is 2.47 bits per heavy atom. The molecule has 0 saturated carbocycles. The van der Waals surface area contributed by atoms with Crippen molar-refractivity contribution in [3.8, 4) is 0 Å². The number of carbonyl (C=O) groups excluding carboxylic acids is 1. The summed E-state index contributed by atoms with van der Waals surface area (Å²) in [5.41, 5.74) is 10.2. The average Bonchev–Trinajstić information content (AvgIpc) is 3.55. The van der Waals surface area contributed by atoms with Crippen LogP contribution in [0.25, 0.3) is 0 Å². The van der Waals surface area contributed by atoms with Crippen molar-refractivity contribution in [2.75, 3.05) is 31.3 Å².